The minimum Gasteiger partial charge on any atom is -0.771 e. The van der Waals surface area contributed by atoms with E-state index in [1.54, 1.807) is 24.3 Å². The van der Waals surface area contributed by atoms with Crippen LogP contribution in [0.5, 0.6) is 0 Å². The first-order chi connectivity index (χ1) is 6.74. The molecule has 1 rings (SSSR count). The summed E-state index contributed by atoms with van der Waals surface area (Å²) < 4.78 is 33.3. The van der Waals surface area contributed by atoms with Gasteiger partial charge in [-0.2, -0.15) is 0 Å². The summed E-state index contributed by atoms with van der Waals surface area (Å²) in [5.74, 6) is 0. The number of alkyl halides is 1. The Morgan fingerprint density at radius 2 is 2.07 bits per heavy atom. The summed E-state index contributed by atoms with van der Waals surface area (Å²) in [5.41, 5.74) is 0.676. The molecule has 5 heteroatoms. The lowest BCUT2D eigenvalue weighted by molar-refractivity contribution is 0.458. The fourth-order valence-electron chi connectivity index (χ4n) is 1.04. The lowest BCUT2D eigenvalue weighted by atomic mass is 10.3. The zero-order valence-electron chi connectivity index (χ0n) is 7.48. The summed E-state index contributed by atoms with van der Waals surface area (Å²) in [6.07, 6.45) is -0.0367. The molecular weight excluding hydrogens is 205 g/mol. The van der Waals surface area contributed by atoms with Gasteiger partial charge in [-0.15, -0.1) is 0 Å². The summed E-state index contributed by atoms with van der Waals surface area (Å²) in [5, 5.41) is 1.87. The molecule has 0 aliphatic heterocycles. The predicted molar refractivity (Wildman–Crippen MR) is 53.4 cm³/mol. The first-order valence-corrected chi connectivity index (χ1v) is 5.33. The van der Waals surface area contributed by atoms with Gasteiger partial charge in [0.1, 0.15) is 0 Å². The maximum Gasteiger partial charge on any atom is 0.0922 e. The van der Waals surface area contributed by atoms with Gasteiger partial charge in [0, 0.05) is 12.1 Å². The zero-order chi connectivity index (χ0) is 10.4. The smallest absolute Gasteiger partial charge is 0.0922 e. The molecule has 3 nitrogen and oxygen atoms in total. The quantitative estimate of drug-likeness (QED) is 0.761. The first-order valence-electron chi connectivity index (χ1n) is 4.19. The van der Waals surface area contributed by atoms with Crippen molar-refractivity contribution in [2.24, 2.45) is 0 Å². The highest BCUT2D eigenvalue weighted by atomic mass is 32.2. The molecule has 1 N–H and O–H groups in total. The van der Waals surface area contributed by atoms with Crippen molar-refractivity contribution >= 4 is 16.8 Å². The molecule has 1 aromatic rings. The molecule has 0 fully saturated rings. The van der Waals surface area contributed by atoms with Crippen molar-refractivity contribution in [3.05, 3.63) is 30.3 Å². The maximum absolute atomic E-state index is 12.0. The van der Waals surface area contributed by atoms with Crippen LogP contribution >= 0.6 is 0 Å². The van der Waals surface area contributed by atoms with Crippen molar-refractivity contribution in [3.8, 4) is 0 Å². The lowest BCUT2D eigenvalue weighted by Crippen LogP contribution is -2.25. The molecule has 0 saturated carbocycles. The van der Waals surface area contributed by atoms with Gasteiger partial charge in [0.05, 0.1) is 12.0 Å². The van der Waals surface area contributed by atoms with Crippen LogP contribution in [-0.2, 0) is 11.1 Å². The highest BCUT2D eigenvalue weighted by Crippen LogP contribution is 2.10. The molecular formula is C9H11FNO2S-. The van der Waals surface area contributed by atoms with Gasteiger partial charge < -0.3 is 9.87 Å². The third-order valence-electron chi connectivity index (χ3n) is 1.71. The van der Waals surface area contributed by atoms with Crippen molar-refractivity contribution in [1.82, 2.24) is 0 Å². The van der Waals surface area contributed by atoms with Crippen LogP contribution in [0.4, 0.5) is 10.1 Å². The minimum atomic E-state index is -2.30. The van der Waals surface area contributed by atoms with Crippen molar-refractivity contribution in [2.45, 2.75) is 11.8 Å². The van der Waals surface area contributed by atoms with E-state index in [1.807, 2.05) is 6.07 Å². The number of rotatable bonds is 5. The molecule has 0 amide bonds. The Labute approximate surface area is 84.6 Å². The van der Waals surface area contributed by atoms with Gasteiger partial charge in [-0.1, -0.05) is 18.2 Å². The molecule has 0 aliphatic rings. The average molecular weight is 216 g/mol. The molecule has 14 heavy (non-hydrogen) atoms. The topological polar surface area (TPSA) is 52.2 Å². The van der Waals surface area contributed by atoms with Gasteiger partial charge in [-0.3, -0.25) is 8.60 Å². The van der Waals surface area contributed by atoms with Crippen LogP contribution in [0, 0.1) is 0 Å². The Balaban J connectivity index is 2.60. The number of hydrogen-bond acceptors (Lipinski definition) is 3. The Morgan fingerprint density at radius 3 is 2.57 bits per heavy atom. The Hall–Kier alpha value is -0.940. The predicted octanol–water partition coefficient (Wildman–Crippen LogP) is 1.66. The molecule has 78 valence electrons. The van der Waals surface area contributed by atoms with Gasteiger partial charge in [-0.05, 0) is 23.2 Å². The second-order valence-electron chi connectivity index (χ2n) is 2.74. The minimum absolute atomic E-state index is 0.0367. The summed E-state index contributed by atoms with van der Waals surface area (Å²) in [7, 11) is 0. The first kappa shape index (κ1) is 11.1. The third-order valence-corrected chi connectivity index (χ3v) is 2.52. The van der Waals surface area contributed by atoms with E-state index < -0.39 is 23.1 Å². The molecule has 0 spiro atoms. The summed E-state index contributed by atoms with van der Waals surface area (Å²) >= 11 is -2.30. The summed E-state index contributed by atoms with van der Waals surface area (Å²) in [4.78, 5) is 0. The summed E-state index contributed by atoms with van der Waals surface area (Å²) in [6, 6.07) is 8.85. The van der Waals surface area contributed by atoms with E-state index in [4.69, 9.17) is 0 Å². The molecule has 2 unspecified atom stereocenters. The van der Waals surface area contributed by atoms with Crippen molar-refractivity contribution in [3.63, 3.8) is 0 Å². The summed E-state index contributed by atoms with van der Waals surface area (Å²) in [6.45, 7) is -0.654. The number of anilines is 1. The standard InChI is InChI=1S/C9H12FNO2S/c10-7-6-9(14(12)13)11-8-4-2-1-3-5-8/h1-5,9,11H,6-7H2,(H,12,13)/p-1. The van der Waals surface area contributed by atoms with Crippen LogP contribution in [0.1, 0.15) is 6.42 Å². The van der Waals surface area contributed by atoms with Crippen LogP contribution in [0.25, 0.3) is 0 Å². The fourth-order valence-corrected chi connectivity index (χ4v) is 1.55. The van der Waals surface area contributed by atoms with Crippen LogP contribution in [-0.4, -0.2) is 20.8 Å². The highest BCUT2D eigenvalue weighted by Gasteiger charge is 2.07. The highest BCUT2D eigenvalue weighted by molar-refractivity contribution is 7.79. The third kappa shape index (κ3) is 3.43. The Kier molecular flexibility index (Phi) is 4.55. The molecule has 0 saturated heterocycles. The molecule has 0 heterocycles. The van der Waals surface area contributed by atoms with Gasteiger partial charge in [-0.25, -0.2) is 0 Å². The van der Waals surface area contributed by atoms with Crippen LogP contribution in [0.3, 0.4) is 0 Å². The number of nitrogens with one attached hydrogen (secondary N) is 1. The number of halogens is 1. The second-order valence-corrected chi connectivity index (χ2v) is 3.83. The Morgan fingerprint density at radius 1 is 1.43 bits per heavy atom. The monoisotopic (exact) mass is 216 g/mol. The zero-order valence-corrected chi connectivity index (χ0v) is 8.30. The SMILES string of the molecule is O=S([O-])C(CCF)Nc1ccccc1. The van der Waals surface area contributed by atoms with Crippen molar-refractivity contribution in [1.29, 1.82) is 0 Å². The van der Waals surface area contributed by atoms with Gasteiger partial charge >= 0.3 is 0 Å². The van der Waals surface area contributed by atoms with Gasteiger partial charge in [0.15, 0.2) is 0 Å². The molecule has 0 aliphatic carbocycles. The van der Waals surface area contributed by atoms with Gasteiger partial charge in [0.25, 0.3) is 0 Å². The van der Waals surface area contributed by atoms with E-state index in [0.29, 0.717) is 5.69 Å². The van der Waals surface area contributed by atoms with E-state index in [0.717, 1.165) is 0 Å². The van der Waals surface area contributed by atoms with E-state index >= 15 is 0 Å². The van der Waals surface area contributed by atoms with Crippen LogP contribution in [0.15, 0.2) is 30.3 Å². The molecule has 0 radical (unpaired) electrons. The van der Waals surface area contributed by atoms with E-state index in [2.05, 4.69) is 5.32 Å². The van der Waals surface area contributed by atoms with Crippen molar-refractivity contribution in [2.75, 3.05) is 12.0 Å². The molecule has 0 aromatic heterocycles. The van der Waals surface area contributed by atoms with Gasteiger partial charge in [0.2, 0.25) is 0 Å². The van der Waals surface area contributed by atoms with E-state index in [9.17, 15) is 13.2 Å². The lowest BCUT2D eigenvalue weighted by Gasteiger charge is -2.20. The number of benzene rings is 1. The molecule has 2 atom stereocenters. The number of hydrogen-bond donors (Lipinski definition) is 1. The molecule has 0 bridgehead atoms. The molecule has 1 aromatic carbocycles. The van der Waals surface area contributed by atoms with Crippen LogP contribution < -0.4 is 5.32 Å². The number of para-hydroxylation sites is 1. The maximum atomic E-state index is 12.0. The van der Waals surface area contributed by atoms with E-state index in [1.165, 1.54) is 0 Å². The van der Waals surface area contributed by atoms with Crippen LogP contribution in [0.2, 0.25) is 0 Å². The largest absolute Gasteiger partial charge is 0.771 e. The fraction of sp³-hybridized carbons (Fsp3) is 0.333. The second kappa shape index (κ2) is 5.72. The van der Waals surface area contributed by atoms with E-state index in [-0.39, 0.29) is 6.42 Å². The Bertz CT molecular complexity index is 294. The average Bonchev–Trinajstić information content (AvgIpc) is 2.18. The van der Waals surface area contributed by atoms with Crippen molar-refractivity contribution < 1.29 is 13.2 Å². The normalized spacial score (nSPS) is 14.7.